The Morgan fingerprint density at radius 3 is 2.75 bits per heavy atom. The molecule has 3 aromatic carbocycles. The minimum absolute atomic E-state index is 0.246. The summed E-state index contributed by atoms with van der Waals surface area (Å²) in [5.74, 6) is 0.463. The summed E-state index contributed by atoms with van der Waals surface area (Å²) in [7, 11) is 1.62. The van der Waals surface area contributed by atoms with Crippen LogP contribution < -0.4 is 10.2 Å². The molecule has 0 saturated heterocycles. The molecule has 3 aromatic rings. The van der Waals surface area contributed by atoms with E-state index in [1.807, 2.05) is 54.6 Å². The summed E-state index contributed by atoms with van der Waals surface area (Å²) in [5, 5.41) is 6.20. The van der Waals surface area contributed by atoms with Crippen LogP contribution in [0.15, 0.2) is 65.8 Å². The van der Waals surface area contributed by atoms with Crippen LogP contribution in [0.4, 0.5) is 0 Å². The van der Waals surface area contributed by atoms with Gasteiger partial charge in [-0.15, -0.1) is 0 Å². The van der Waals surface area contributed by atoms with Gasteiger partial charge < -0.3 is 4.74 Å². The van der Waals surface area contributed by atoms with E-state index in [1.54, 1.807) is 19.4 Å². The summed E-state index contributed by atoms with van der Waals surface area (Å²) in [6.07, 6.45) is 1.62. The first kappa shape index (κ1) is 16.4. The number of carbonyl (C=O) groups is 1. The molecule has 3 rings (SSSR count). The Hall–Kier alpha value is -2.41. The van der Waals surface area contributed by atoms with Crippen LogP contribution in [0, 0.1) is 3.57 Å². The van der Waals surface area contributed by atoms with Crippen LogP contribution in [-0.2, 0) is 0 Å². The summed E-state index contributed by atoms with van der Waals surface area (Å²) in [6, 6.07) is 19.2. The number of carbonyl (C=O) groups excluding carboxylic acids is 1. The number of methoxy groups -OCH3 is 1. The molecular formula is C19H15IN2O2. The predicted octanol–water partition coefficient (Wildman–Crippen LogP) is 4.22. The Labute approximate surface area is 153 Å². The minimum Gasteiger partial charge on any atom is -0.496 e. The molecule has 0 radical (unpaired) electrons. The lowest BCUT2D eigenvalue weighted by Gasteiger charge is -2.08. The van der Waals surface area contributed by atoms with Crippen molar-refractivity contribution in [1.29, 1.82) is 0 Å². The average Bonchev–Trinajstić information content (AvgIpc) is 2.61. The zero-order chi connectivity index (χ0) is 16.9. The van der Waals surface area contributed by atoms with Gasteiger partial charge in [-0.2, -0.15) is 5.10 Å². The molecule has 0 aliphatic heterocycles. The third-order valence-corrected chi connectivity index (χ3v) is 4.27. The lowest BCUT2D eigenvalue weighted by molar-refractivity contribution is 0.0955. The maximum absolute atomic E-state index is 12.1. The van der Waals surface area contributed by atoms with E-state index >= 15 is 0 Å². The number of hydrazone groups is 1. The number of ether oxygens (including phenoxy) is 1. The maximum Gasteiger partial charge on any atom is 0.271 e. The van der Waals surface area contributed by atoms with Crippen LogP contribution in [0.5, 0.6) is 5.75 Å². The van der Waals surface area contributed by atoms with Gasteiger partial charge in [0, 0.05) is 14.7 Å². The van der Waals surface area contributed by atoms with E-state index in [4.69, 9.17) is 4.74 Å². The number of nitrogens with zero attached hydrogens (tertiary/aromatic N) is 1. The van der Waals surface area contributed by atoms with Crippen LogP contribution >= 0.6 is 22.6 Å². The largest absolute Gasteiger partial charge is 0.496 e. The molecule has 0 aliphatic carbocycles. The molecule has 1 N–H and O–H groups in total. The molecule has 1 amide bonds. The fraction of sp³-hybridized carbons (Fsp3) is 0.0526. The molecule has 0 fully saturated rings. The highest BCUT2D eigenvalue weighted by Gasteiger charge is 2.07. The van der Waals surface area contributed by atoms with E-state index < -0.39 is 0 Å². The maximum atomic E-state index is 12.1. The molecule has 0 heterocycles. The van der Waals surface area contributed by atoms with Gasteiger partial charge in [0.2, 0.25) is 0 Å². The first-order valence-corrected chi connectivity index (χ1v) is 8.41. The molecule has 0 atom stereocenters. The molecule has 0 bridgehead atoms. The summed E-state index contributed by atoms with van der Waals surface area (Å²) in [4.78, 5) is 12.1. The summed E-state index contributed by atoms with van der Waals surface area (Å²) >= 11 is 2.17. The zero-order valence-corrected chi connectivity index (χ0v) is 15.2. The molecule has 0 unspecified atom stereocenters. The van der Waals surface area contributed by atoms with Crippen molar-refractivity contribution in [3.63, 3.8) is 0 Å². The second kappa shape index (κ2) is 7.44. The minimum atomic E-state index is -0.246. The highest BCUT2D eigenvalue weighted by atomic mass is 127. The highest BCUT2D eigenvalue weighted by molar-refractivity contribution is 14.1. The van der Waals surface area contributed by atoms with Crippen molar-refractivity contribution in [2.24, 2.45) is 5.10 Å². The number of benzene rings is 3. The smallest absolute Gasteiger partial charge is 0.271 e. The van der Waals surface area contributed by atoms with Gasteiger partial charge in [0.1, 0.15) is 5.75 Å². The van der Waals surface area contributed by atoms with Crippen LogP contribution in [0.3, 0.4) is 0 Å². The normalized spacial score (nSPS) is 10.9. The topological polar surface area (TPSA) is 50.7 Å². The van der Waals surface area contributed by atoms with Gasteiger partial charge in [-0.25, -0.2) is 5.43 Å². The second-order valence-corrected chi connectivity index (χ2v) is 6.36. The molecule has 4 nitrogen and oxygen atoms in total. The SMILES string of the molecule is COc1ccc2ccccc2c1C=NNC(=O)c1cccc(I)c1. The Morgan fingerprint density at radius 1 is 1.12 bits per heavy atom. The van der Waals surface area contributed by atoms with E-state index in [0.717, 1.165) is 19.9 Å². The molecule has 0 aliphatic rings. The standard InChI is InChI=1S/C19H15IN2O2/c1-24-18-10-9-13-5-2-3-8-16(13)17(18)12-21-22-19(23)14-6-4-7-15(20)11-14/h2-12H,1H3,(H,22,23). The van der Waals surface area contributed by atoms with E-state index in [9.17, 15) is 4.79 Å². The van der Waals surface area contributed by atoms with Crippen molar-refractivity contribution in [1.82, 2.24) is 5.43 Å². The monoisotopic (exact) mass is 430 g/mol. The van der Waals surface area contributed by atoms with Gasteiger partial charge in [0.15, 0.2) is 0 Å². The lowest BCUT2D eigenvalue weighted by Crippen LogP contribution is -2.17. The summed E-state index contributed by atoms with van der Waals surface area (Å²) in [6.45, 7) is 0. The summed E-state index contributed by atoms with van der Waals surface area (Å²) < 4.78 is 6.41. The molecule has 120 valence electrons. The molecule has 0 aromatic heterocycles. The van der Waals surface area contributed by atoms with Crippen LogP contribution in [0.1, 0.15) is 15.9 Å². The van der Waals surface area contributed by atoms with E-state index in [-0.39, 0.29) is 5.91 Å². The van der Waals surface area contributed by atoms with Crippen molar-refractivity contribution in [2.45, 2.75) is 0 Å². The van der Waals surface area contributed by atoms with Crippen LogP contribution in [0.25, 0.3) is 10.8 Å². The van der Waals surface area contributed by atoms with E-state index in [0.29, 0.717) is 11.3 Å². The second-order valence-electron chi connectivity index (χ2n) is 5.11. The fourth-order valence-corrected chi connectivity index (χ4v) is 2.98. The molecule has 5 heteroatoms. The quantitative estimate of drug-likeness (QED) is 0.383. The van der Waals surface area contributed by atoms with E-state index in [1.165, 1.54) is 0 Å². The third kappa shape index (κ3) is 3.56. The third-order valence-electron chi connectivity index (χ3n) is 3.60. The number of hydrogen-bond donors (Lipinski definition) is 1. The van der Waals surface area contributed by atoms with Crippen LogP contribution in [0.2, 0.25) is 0 Å². The van der Waals surface area contributed by atoms with Gasteiger partial charge in [0.25, 0.3) is 5.91 Å². The Bertz CT molecular complexity index is 922. The molecule has 24 heavy (non-hydrogen) atoms. The number of amides is 1. The average molecular weight is 430 g/mol. The summed E-state index contributed by atoms with van der Waals surface area (Å²) in [5.41, 5.74) is 3.97. The van der Waals surface area contributed by atoms with Gasteiger partial charge in [-0.05, 0) is 57.6 Å². The van der Waals surface area contributed by atoms with Gasteiger partial charge >= 0.3 is 0 Å². The Morgan fingerprint density at radius 2 is 1.96 bits per heavy atom. The fourth-order valence-electron chi connectivity index (χ4n) is 2.44. The molecular weight excluding hydrogens is 415 g/mol. The lowest BCUT2D eigenvalue weighted by atomic mass is 10.0. The highest BCUT2D eigenvalue weighted by Crippen LogP contribution is 2.26. The number of hydrogen-bond acceptors (Lipinski definition) is 3. The zero-order valence-electron chi connectivity index (χ0n) is 13.0. The van der Waals surface area contributed by atoms with Gasteiger partial charge in [-0.1, -0.05) is 36.4 Å². The first-order chi connectivity index (χ1) is 11.7. The van der Waals surface area contributed by atoms with Crippen LogP contribution in [-0.4, -0.2) is 19.2 Å². The van der Waals surface area contributed by atoms with E-state index in [2.05, 4.69) is 33.1 Å². The van der Waals surface area contributed by atoms with Crippen molar-refractivity contribution in [2.75, 3.05) is 7.11 Å². The first-order valence-electron chi connectivity index (χ1n) is 7.34. The molecule has 0 spiro atoms. The van der Waals surface area contributed by atoms with Gasteiger partial charge in [-0.3, -0.25) is 4.79 Å². The number of rotatable bonds is 4. The number of nitrogens with one attached hydrogen (secondary N) is 1. The van der Waals surface area contributed by atoms with Crippen molar-refractivity contribution >= 4 is 45.5 Å². The van der Waals surface area contributed by atoms with Crippen molar-refractivity contribution in [3.05, 3.63) is 75.4 Å². The number of halogens is 1. The Kier molecular flexibility index (Phi) is 5.10. The van der Waals surface area contributed by atoms with Crippen molar-refractivity contribution in [3.8, 4) is 5.75 Å². The van der Waals surface area contributed by atoms with Crippen molar-refractivity contribution < 1.29 is 9.53 Å². The molecule has 0 saturated carbocycles. The Balaban J connectivity index is 1.86. The number of fused-ring (bicyclic) bond motifs is 1. The predicted molar refractivity (Wildman–Crippen MR) is 105 cm³/mol. The van der Waals surface area contributed by atoms with Gasteiger partial charge in [0.05, 0.1) is 13.3 Å².